The summed E-state index contributed by atoms with van der Waals surface area (Å²) in [5.74, 6) is 0.552. The van der Waals surface area contributed by atoms with E-state index in [2.05, 4.69) is 6.92 Å². The fourth-order valence-electron chi connectivity index (χ4n) is 2.13. The van der Waals surface area contributed by atoms with E-state index in [-0.39, 0.29) is 5.78 Å². The summed E-state index contributed by atoms with van der Waals surface area (Å²) in [6.45, 7) is 2.18. The summed E-state index contributed by atoms with van der Waals surface area (Å²) in [6.07, 6.45) is 3.13. The van der Waals surface area contributed by atoms with Gasteiger partial charge in [-0.25, -0.2) is 0 Å². The number of carbonyl (C=O) groups excluding carboxylic acids is 1. The zero-order valence-electron chi connectivity index (χ0n) is 8.90. The summed E-state index contributed by atoms with van der Waals surface area (Å²) in [5.41, 5.74) is -0.426. The maximum Gasteiger partial charge on any atom is 0.195 e. The van der Waals surface area contributed by atoms with Crippen molar-refractivity contribution in [1.82, 2.24) is 0 Å². The van der Waals surface area contributed by atoms with Gasteiger partial charge in [0, 0.05) is 10.9 Å². The van der Waals surface area contributed by atoms with Crippen molar-refractivity contribution in [2.24, 2.45) is 5.92 Å². The Balaban J connectivity index is 2.13. The fraction of sp³-hybridized carbons (Fsp3) is 0.583. The van der Waals surface area contributed by atoms with Crippen LogP contribution in [-0.4, -0.2) is 16.5 Å². The number of hydrogen-bond acceptors (Lipinski definition) is 3. The highest BCUT2D eigenvalue weighted by atomic mass is 32.1. The van der Waals surface area contributed by atoms with Gasteiger partial charge in [-0.05, 0) is 43.0 Å². The zero-order valence-corrected chi connectivity index (χ0v) is 9.72. The third kappa shape index (κ3) is 2.13. The number of Topliss-reactive ketones (excluding diaryl/α,β-unsaturated/α-hetero) is 1. The summed E-state index contributed by atoms with van der Waals surface area (Å²) < 4.78 is 0. The lowest BCUT2D eigenvalue weighted by atomic mass is 9.76. The zero-order chi connectivity index (χ0) is 10.9. The minimum atomic E-state index is -1.09. The molecule has 2 rings (SSSR count). The molecular weight excluding hydrogens is 208 g/mol. The normalized spacial score (nSPS) is 31.5. The lowest BCUT2D eigenvalue weighted by Gasteiger charge is -2.33. The van der Waals surface area contributed by atoms with Crippen LogP contribution in [0.5, 0.6) is 0 Å². The third-order valence-electron chi connectivity index (χ3n) is 3.31. The topological polar surface area (TPSA) is 37.3 Å². The van der Waals surface area contributed by atoms with Gasteiger partial charge >= 0.3 is 0 Å². The van der Waals surface area contributed by atoms with E-state index in [0.29, 0.717) is 24.3 Å². The van der Waals surface area contributed by atoms with E-state index >= 15 is 0 Å². The van der Waals surface area contributed by atoms with Crippen molar-refractivity contribution in [1.29, 1.82) is 0 Å². The van der Waals surface area contributed by atoms with Gasteiger partial charge in [0.2, 0.25) is 0 Å². The molecule has 1 heterocycles. The molecule has 0 amide bonds. The monoisotopic (exact) mass is 224 g/mol. The molecule has 15 heavy (non-hydrogen) atoms. The molecule has 0 bridgehead atoms. The Kier molecular flexibility index (Phi) is 2.94. The number of hydrogen-bond donors (Lipinski definition) is 1. The van der Waals surface area contributed by atoms with Crippen molar-refractivity contribution in [2.45, 2.75) is 38.2 Å². The summed E-state index contributed by atoms with van der Waals surface area (Å²) in [4.78, 5) is 12.0. The van der Waals surface area contributed by atoms with Crippen LogP contribution < -0.4 is 0 Å². The molecule has 0 unspecified atom stereocenters. The molecule has 2 nitrogen and oxygen atoms in total. The van der Waals surface area contributed by atoms with E-state index in [1.165, 1.54) is 11.3 Å². The van der Waals surface area contributed by atoms with Gasteiger partial charge in [0.15, 0.2) is 5.78 Å². The number of ketones is 1. The molecule has 82 valence electrons. The quantitative estimate of drug-likeness (QED) is 0.784. The van der Waals surface area contributed by atoms with E-state index in [1.54, 1.807) is 6.07 Å². The Morgan fingerprint density at radius 3 is 2.73 bits per heavy atom. The van der Waals surface area contributed by atoms with Crippen molar-refractivity contribution in [3.05, 3.63) is 22.4 Å². The number of rotatable bonds is 2. The largest absolute Gasteiger partial charge is 0.382 e. The summed E-state index contributed by atoms with van der Waals surface area (Å²) in [6, 6.07) is 1.79. The van der Waals surface area contributed by atoms with Crippen LogP contribution >= 0.6 is 11.3 Å². The third-order valence-corrected chi connectivity index (χ3v) is 3.99. The van der Waals surface area contributed by atoms with Crippen molar-refractivity contribution in [2.75, 3.05) is 0 Å². The van der Waals surface area contributed by atoms with E-state index in [4.69, 9.17) is 0 Å². The molecule has 0 radical (unpaired) electrons. The van der Waals surface area contributed by atoms with Crippen molar-refractivity contribution < 1.29 is 9.90 Å². The van der Waals surface area contributed by atoms with Crippen molar-refractivity contribution in [3.63, 3.8) is 0 Å². The molecule has 0 saturated heterocycles. The molecule has 1 saturated carbocycles. The molecule has 0 aliphatic heterocycles. The summed E-state index contributed by atoms with van der Waals surface area (Å²) in [5, 5.41) is 14.0. The average Bonchev–Trinajstić information content (AvgIpc) is 2.75. The molecule has 0 spiro atoms. The first kappa shape index (κ1) is 10.8. The molecule has 1 aliphatic carbocycles. The van der Waals surface area contributed by atoms with Gasteiger partial charge in [0.05, 0.1) is 0 Å². The Morgan fingerprint density at radius 1 is 1.53 bits per heavy atom. The maximum atomic E-state index is 12.0. The minimum absolute atomic E-state index is 0.0874. The Hall–Kier alpha value is -0.670. The van der Waals surface area contributed by atoms with E-state index in [9.17, 15) is 9.90 Å². The highest BCUT2D eigenvalue weighted by Crippen LogP contribution is 2.34. The molecular formula is C12H16O2S. The van der Waals surface area contributed by atoms with Crippen LogP contribution in [0.2, 0.25) is 0 Å². The van der Waals surface area contributed by atoms with Crippen LogP contribution in [0.4, 0.5) is 0 Å². The first-order valence-corrected chi connectivity index (χ1v) is 6.35. The highest BCUT2D eigenvalue weighted by Gasteiger charge is 2.39. The lowest BCUT2D eigenvalue weighted by molar-refractivity contribution is 0.00431. The highest BCUT2D eigenvalue weighted by molar-refractivity contribution is 7.08. The smallest absolute Gasteiger partial charge is 0.195 e. The van der Waals surface area contributed by atoms with Gasteiger partial charge in [0.25, 0.3) is 0 Å². The SMILES string of the molecule is CC1CCC(O)(C(=O)c2ccsc2)CC1. The number of aliphatic hydroxyl groups is 1. The molecule has 0 aromatic carbocycles. The lowest BCUT2D eigenvalue weighted by Crippen LogP contribution is -2.41. The second-order valence-electron chi connectivity index (χ2n) is 4.56. The fourth-order valence-corrected chi connectivity index (χ4v) is 2.77. The summed E-state index contributed by atoms with van der Waals surface area (Å²) in [7, 11) is 0. The molecule has 1 aromatic heterocycles. The van der Waals surface area contributed by atoms with Crippen LogP contribution in [0.1, 0.15) is 43.0 Å². The van der Waals surface area contributed by atoms with E-state index in [1.807, 2.05) is 10.8 Å². The Morgan fingerprint density at radius 2 is 2.20 bits per heavy atom. The molecule has 1 fully saturated rings. The molecule has 3 heteroatoms. The van der Waals surface area contributed by atoms with Crippen LogP contribution in [0.25, 0.3) is 0 Å². The van der Waals surface area contributed by atoms with Crippen molar-refractivity contribution in [3.8, 4) is 0 Å². The molecule has 0 atom stereocenters. The predicted octanol–water partition coefficient (Wildman–Crippen LogP) is 2.87. The van der Waals surface area contributed by atoms with Crippen LogP contribution in [0.15, 0.2) is 16.8 Å². The van der Waals surface area contributed by atoms with Gasteiger partial charge in [-0.15, -0.1) is 0 Å². The average molecular weight is 224 g/mol. The number of carbonyl (C=O) groups is 1. The Labute approximate surface area is 93.9 Å². The molecule has 1 aliphatic rings. The Bertz CT molecular complexity index is 335. The summed E-state index contributed by atoms with van der Waals surface area (Å²) >= 11 is 1.50. The molecule has 1 aromatic rings. The standard InChI is InChI=1S/C12H16O2S/c1-9-2-5-12(14,6-3-9)11(13)10-4-7-15-8-10/h4,7-9,14H,2-3,5-6H2,1H3. The van der Waals surface area contributed by atoms with E-state index < -0.39 is 5.60 Å². The number of thiophene rings is 1. The van der Waals surface area contributed by atoms with Crippen molar-refractivity contribution >= 4 is 17.1 Å². The first-order valence-electron chi connectivity index (χ1n) is 5.41. The van der Waals surface area contributed by atoms with E-state index in [0.717, 1.165) is 12.8 Å². The van der Waals surface area contributed by atoms with Gasteiger partial charge in [0.1, 0.15) is 5.60 Å². The van der Waals surface area contributed by atoms with Gasteiger partial charge in [-0.3, -0.25) is 4.79 Å². The minimum Gasteiger partial charge on any atom is -0.382 e. The van der Waals surface area contributed by atoms with Crippen LogP contribution in [0, 0.1) is 5.92 Å². The second-order valence-corrected chi connectivity index (χ2v) is 5.34. The van der Waals surface area contributed by atoms with Gasteiger partial charge in [-0.2, -0.15) is 11.3 Å². The maximum absolute atomic E-state index is 12.0. The second kappa shape index (κ2) is 4.06. The van der Waals surface area contributed by atoms with Crippen LogP contribution in [-0.2, 0) is 0 Å². The predicted molar refractivity (Wildman–Crippen MR) is 61.2 cm³/mol. The first-order chi connectivity index (χ1) is 7.12. The van der Waals surface area contributed by atoms with Gasteiger partial charge in [-0.1, -0.05) is 6.92 Å². The van der Waals surface area contributed by atoms with Crippen LogP contribution in [0.3, 0.4) is 0 Å². The van der Waals surface area contributed by atoms with Gasteiger partial charge < -0.3 is 5.11 Å². The molecule has 1 N–H and O–H groups in total.